The highest BCUT2D eigenvalue weighted by atomic mass is 16.5. The highest BCUT2D eigenvalue weighted by Gasteiger charge is 2.15. The van der Waals surface area contributed by atoms with Crippen LogP contribution in [0.15, 0.2) is 6.07 Å². The second-order valence-electron chi connectivity index (χ2n) is 4.47. The lowest BCUT2D eigenvalue weighted by Gasteiger charge is -2.18. The van der Waals surface area contributed by atoms with Crippen LogP contribution in [0.4, 0.5) is 5.95 Å². The number of hydrogen-bond donors (Lipinski definition) is 1. The summed E-state index contributed by atoms with van der Waals surface area (Å²) in [6.45, 7) is 8.53. The first-order valence-electron chi connectivity index (χ1n) is 7.00. The lowest BCUT2D eigenvalue weighted by atomic mass is 10.3. The number of amides is 1. The van der Waals surface area contributed by atoms with E-state index in [1.165, 1.54) is 0 Å². The van der Waals surface area contributed by atoms with E-state index in [9.17, 15) is 4.79 Å². The van der Waals surface area contributed by atoms with Crippen LogP contribution in [0.3, 0.4) is 0 Å². The lowest BCUT2D eigenvalue weighted by molar-refractivity contribution is 0.0767. The van der Waals surface area contributed by atoms with E-state index in [0.717, 1.165) is 18.7 Å². The summed E-state index contributed by atoms with van der Waals surface area (Å²) in [6, 6.07) is 1.72. The number of rotatable bonds is 8. The summed E-state index contributed by atoms with van der Waals surface area (Å²) in [7, 11) is 1.67. The second kappa shape index (κ2) is 8.47. The van der Waals surface area contributed by atoms with Gasteiger partial charge in [-0.05, 0) is 33.3 Å². The van der Waals surface area contributed by atoms with E-state index in [1.54, 1.807) is 18.1 Å². The molecule has 0 saturated carbocycles. The Labute approximate surface area is 120 Å². The molecule has 0 radical (unpaired) electrons. The Hall–Kier alpha value is -1.69. The monoisotopic (exact) mass is 280 g/mol. The highest BCUT2D eigenvalue weighted by molar-refractivity contribution is 5.92. The normalized spacial score (nSPS) is 10.4. The number of carbonyl (C=O) groups excluding carboxylic acids is 1. The molecule has 0 saturated heterocycles. The van der Waals surface area contributed by atoms with Crippen molar-refractivity contribution in [3.63, 3.8) is 0 Å². The van der Waals surface area contributed by atoms with Crippen LogP contribution in [0.5, 0.6) is 0 Å². The summed E-state index contributed by atoms with van der Waals surface area (Å²) in [5, 5.41) is 3.12. The first-order valence-corrected chi connectivity index (χ1v) is 7.00. The molecule has 112 valence electrons. The van der Waals surface area contributed by atoms with E-state index in [4.69, 9.17) is 4.74 Å². The van der Waals surface area contributed by atoms with Crippen molar-refractivity contribution in [2.45, 2.75) is 27.2 Å². The molecule has 0 fully saturated rings. The zero-order valence-electron chi connectivity index (χ0n) is 12.8. The Bertz CT molecular complexity index is 433. The van der Waals surface area contributed by atoms with Crippen molar-refractivity contribution < 1.29 is 9.53 Å². The average molecular weight is 280 g/mol. The Morgan fingerprint density at radius 1 is 1.35 bits per heavy atom. The minimum atomic E-state index is -0.0551. The van der Waals surface area contributed by atoms with Crippen LogP contribution in [0.1, 0.15) is 36.5 Å². The first kappa shape index (κ1) is 16.4. The molecule has 1 rings (SSSR count). The van der Waals surface area contributed by atoms with Gasteiger partial charge in [-0.15, -0.1) is 0 Å². The van der Waals surface area contributed by atoms with Crippen LogP contribution in [-0.2, 0) is 4.74 Å². The van der Waals surface area contributed by atoms with Gasteiger partial charge in [-0.25, -0.2) is 9.97 Å². The molecule has 0 bridgehead atoms. The van der Waals surface area contributed by atoms with Gasteiger partial charge in [0.15, 0.2) is 0 Å². The van der Waals surface area contributed by atoms with Crippen molar-refractivity contribution in [1.29, 1.82) is 0 Å². The molecule has 6 heteroatoms. The first-order chi connectivity index (χ1) is 9.62. The number of aromatic nitrogens is 2. The van der Waals surface area contributed by atoms with Gasteiger partial charge in [0.05, 0.1) is 0 Å². The van der Waals surface area contributed by atoms with Crippen molar-refractivity contribution in [2.75, 3.05) is 38.7 Å². The van der Waals surface area contributed by atoms with E-state index in [-0.39, 0.29) is 5.91 Å². The molecule has 0 atom stereocenters. The standard InChI is InChI=1S/C14H24N4O2/c1-5-18(6-2)13(19)12-10-11(3)16-14(17-12)15-8-7-9-20-4/h10H,5-9H2,1-4H3,(H,15,16,17). The van der Waals surface area contributed by atoms with Crippen molar-refractivity contribution >= 4 is 11.9 Å². The topological polar surface area (TPSA) is 67.4 Å². The van der Waals surface area contributed by atoms with Crippen LogP contribution >= 0.6 is 0 Å². The van der Waals surface area contributed by atoms with Crippen molar-refractivity contribution in [1.82, 2.24) is 14.9 Å². The zero-order chi connectivity index (χ0) is 15.0. The summed E-state index contributed by atoms with van der Waals surface area (Å²) < 4.78 is 4.98. The summed E-state index contributed by atoms with van der Waals surface area (Å²) in [6.07, 6.45) is 0.868. The smallest absolute Gasteiger partial charge is 0.272 e. The molecule has 1 heterocycles. The molecule has 0 aliphatic carbocycles. The number of nitrogens with one attached hydrogen (secondary N) is 1. The maximum Gasteiger partial charge on any atom is 0.272 e. The Morgan fingerprint density at radius 3 is 2.65 bits per heavy atom. The van der Waals surface area contributed by atoms with Crippen molar-refractivity contribution in [3.05, 3.63) is 17.5 Å². The maximum absolute atomic E-state index is 12.3. The Morgan fingerprint density at radius 2 is 2.05 bits per heavy atom. The molecule has 0 unspecified atom stereocenters. The number of nitrogens with zero attached hydrogens (tertiary/aromatic N) is 3. The fourth-order valence-electron chi connectivity index (χ4n) is 1.85. The molecule has 0 aromatic carbocycles. The second-order valence-corrected chi connectivity index (χ2v) is 4.47. The van der Waals surface area contributed by atoms with Crippen LogP contribution < -0.4 is 5.32 Å². The van der Waals surface area contributed by atoms with Gasteiger partial charge in [-0.3, -0.25) is 4.79 Å². The maximum atomic E-state index is 12.3. The molecule has 20 heavy (non-hydrogen) atoms. The molecule has 1 amide bonds. The van der Waals surface area contributed by atoms with E-state index in [0.29, 0.717) is 31.3 Å². The molecular formula is C14H24N4O2. The molecule has 0 aliphatic rings. The minimum absolute atomic E-state index is 0.0551. The quantitative estimate of drug-likeness (QED) is 0.734. The fraction of sp³-hybridized carbons (Fsp3) is 0.643. The molecule has 6 nitrogen and oxygen atoms in total. The van der Waals surface area contributed by atoms with E-state index < -0.39 is 0 Å². The van der Waals surface area contributed by atoms with Crippen LogP contribution in [-0.4, -0.2) is 54.1 Å². The van der Waals surface area contributed by atoms with Gasteiger partial charge in [-0.2, -0.15) is 0 Å². The van der Waals surface area contributed by atoms with Gasteiger partial charge in [-0.1, -0.05) is 0 Å². The number of aryl methyl sites for hydroxylation is 1. The summed E-state index contributed by atoms with van der Waals surface area (Å²) in [5.41, 5.74) is 1.22. The largest absolute Gasteiger partial charge is 0.385 e. The Balaban J connectivity index is 2.77. The number of hydrogen-bond acceptors (Lipinski definition) is 5. The fourth-order valence-corrected chi connectivity index (χ4v) is 1.85. The minimum Gasteiger partial charge on any atom is -0.385 e. The van der Waals surface area contributed by atoms with Crippen LogP contribution in [0.2, 0.25) is 0 Å². The average Bonchev–Trinajstić information content (AvgIpc) is 2.44. The molecule has 0 spiro atoms. The predicted molar refractivity (Wildman–Crippen MR) is 79.0 cm³/mol. The number of methoxy groups -OCH3 is 1. The lowest BCUT2D eigenvalue weighted by Crippen LogP contribution is -2.31. The van der Waals surface area contributed by atoms with Crippen LogP contribution in [0.25, 0.3) is 0 Å². The van der Waals surface area contributed by atoms with Gasteiger partial charge in [0.1, 0.15) is 5.69 Å². The number of carbonyl (C=O) groups is 1. The van der Waals surface area contributed by atoms with Gasteiger partial charge in [0.25, 0.3) is 5.91 Å². The van der Waals surface area contributed by atoms with Gasteiger partial charge in [0.2, 0.25) is 5.95 Å². The van der Waals surface area contributed by atoms with Crippen molar-refractivity contribution in [2.24, 2.45) is 0 Å². The molecular weight excluding hydrogens is 256 g/mol. The number of anilines is 1. The molecule has 1 N–H and O–H groups in total. The van der Waals surface area contributed by atoms with Crippen molar-refractivity contribution in [3.8, 4) is 0 Å². The van der Waals surface area contributed by atoms with E-state index >= 15 is 0 Å². The van der Waals surface area contributed by atoms with E-state index in [2.05, 4.69) is 15.3 Å². The third-order valence-corrected chi connectivity index (χ3v) is 2.93. The third kappa shape index (κ3) is 4.77. The van der Waals surface area contributed by atoms with Crippen LogP contribution in [0, 0.1) is 6.92 Å². The molecule has 1 aromatic heterocycles. The SMILES string of the molecule is CCN(CC)C(=O)c1cc(C)nc(NCCCOC)n1. The van der Waals surface area contributed by atoms with E-state index in [1.807, 2.05) is 20.8 Å². The Kier molecular flexibility index (Phi) is 6.93. The predicted octanol–water partition coefficient (Wildman–Crippen LogP) is 1.72. The molecule has 0 aliphatic heterocycles. The van der Waals surface area contributed by atoms with Gasteiger partial charge < -0.3 is 15.0 Å². The summed E-state index contributed by atoms with van der Waals surface area (Å²) >= 11 is 0. The molecule has 1 aromatic rings. The van der Waals surface area contributed by atoms with Gasteiger partial charge >= 0.3 is 0 Å². The summed E-state index contributed by atoms with van der Waals surface area (Å²) in [4.78, 5) is 22.6. The zero-order valence-corrected chi connectivity index (χ0v) is 12.8. The highest BCUT2D eigenvalue weighted by Crippen LogP contribution is 2.08. The third-order valence-electron chi connectivity index (χ3n) is 2.93. The van der Waals surface area contributed by atoms with Gasteiger partial charge in [0, 0.05) is 39.0 Å². The number of ether oxygens (including phenoxy) is 1. The summed E-state index contributed by atoms with van der Waals surface area (Å²) in [5.74, 6) is 0.442.